The lowest BCUT2D eigenvalue weighted by Crippen LogP contribution is -2.30. The average Bonchev–Trinajstić information content (AvgIpc) is 3.29. The van der Waals surface area contributed by atoms with Crippen molar-refractivity contribution in [1.82, 2.24) is 0 Å². The van der Waals surface area contributed by atoms with E-state index in [1.54, 1.807) is 7.11 Å². The Balaban J connectivity index is 1.48. The van der Waals surface area contributed by atoms with Gasteiger partial charge in [-0.1, -0.05) is 42.0 Å². The quantitative estimate of drug-likeness (QED) is 0.340. The summed E-state index contributed by atoms with van der Waals surface area (Å²) in [5.74, 6) is 0.0462. The molecule has 0 saturated heterocycles. The van der Waals surface area contributed by atoms with Gasteiger partial charge in [0, 0.05) is 22.6 Å². The molecule has 2 aliphatic rings. The summed E-state index contributed by atoms with van der Waals surface area (Å²) in [6.45, 7) is 0.286. The van der Waals surface area contributed by atoms with Crippen molar-refractivity contribution in [2.24, 2.45) is 5.92 Å². The van der Waals surface area contributed by atoms with Gasteiger partial charge in [-0.25, -0.2) is 8.78 Å². The molecule has 5 rings (SSSR count). The molecule has 170 valence electrons. The maximum absolute atomic E-state index is 14.7. The minimum absolute atomic E-state index is 0.0580. The Morgan fingerprint density at radius 3 is 2.76 bits per heavy atom. The molecular weight excluding hydrogens is 512 g/mol. The molecule has 0 saturated carbocycles. The highest BCUT2D eigenvalue weighted by Gasteiger charge is 2.39. The molecule has 3 nitrogen and oxygen atoms in total. The van der Waals surface area contributed by atoms with E-state index >= 15 is 0 Å². The smallest absolute Gasteiger partial charge is 0.175 e. The summed E-state index contributed by atoms with van der Waals surface area (Å²) >= 11 is 9.88. The van der Waals surface area contributed by atoms with Crippen LogP contribution in [-0.2, 0) is 6.61 Å². The van der Waals surface area contributed by atoms with Crippen molar-refractivity contribution in [3.05, 3.63) is 98.5 Å². The lowest BCUT2D eigenvalue weighted by atomic mass is 9.77. The number of anilines is 1. The third kappa shape index (κ3) is 4.11. The summed E-state index contributed by atoms with van der Waals surface area (Å²) in [6, 6.07) is 13.5. The van der Waals surface area contributed by atoms with Gasteiger partial charge >= 0.3 is 0 Å². The van der Waals surface area contributed by atoms with Crippen molar-refractivity contribution in [2.45, 2.75) is 25.0 Å². The van der Waals surface area contributed by atoms with E-state index in [0.717, 1.165) is 28.1 Å². The van der Waals surface area contributed by atoms with Crippen molar-refractivity contribution < 1.29 is 18.3 Å². The van der Waals surface area contributed by atoms with Gasteiger partial charge in [0.1, 0.15) is 18.2 Å². The number of ether oxygens (including phenoxy) is 2. The minimum Gasteiger partial charge on any atom is -0.493 e. The molecule has 0 aromatic heterocycles. The number of halogens is 4. The second-order valence-corrected chi connectivity index (χ2v) is 9.50. The molecule has 1 heterocycles. The molecule has 33 heavy (non-hydrogen) atoms. The number of allylic oxidation sites excluding steroid dienone is 2. The first-order valence-electron chi connectivity index (χ1n) is 10.6. The summed E-state index contributed by atoms with van der Waals surface area (Å²) in [5, 5.41) is 3.96. The van der Waals surface area contributed by atoms with Crippen LogP contribution in [0.2, 0.25) is 5.02 Å². The van der Waals surface area contributed by atoms with Crippen LogP contribution in [-0.4, -0.2) is 7.11 Å². The Labute approximate surface area is 204 Å². The van der Waals surface area contributed by atoms with Crippen molar-refractivity contribution in [1.29, 1.82) is 0 Å². The van der Waals surface area contributed by atoms with Gasteiger partial charge in [-0.05, 0) is 63.7 Å². The van der Waals surface area contributed by atoms with Gasteiger partial charge in [0.2, 0.25) is 0 Å². The summed E-state index contributed by atoms with van der Waals surface area (Å²) in [5.41, 5.74) is 2.80. The van der Waals surface area contributed by atoms with Crippen LogP contribution in [0.25, 0.3) is 0 Å². The van der Waals surface area contributed by atoms with Gasteiger partial charge < -0.3 is 14.8 Å². The molecule has 0 bridgehead atoms. The SMILES string of the molecule is COc1cc([C@@H]2Nc3c(F)cc(F)cc3[C@H]3C=CC[C@H]32)cc(Br)c1OCc1ccccc1Cl. The van der Waals surface area contributed by atoms with E-state index in [0.29, 0.717) is 27.8 Å². The largest absolute Gasteiger partial charge is 0.493 e. The summed E-state index contributed by atoms with van der Waals surface area (Å²) in [7, 11) is 1.58. The van der Waals surface area contributed by atoms with E-state index in [1.165, 1.54) is 6.07 Å². The van der Waals surface area contributed by atoms with Crippen LogP contribution in [0, 0.1) is 17.6 Å². The van der Waals surface area contributed by atoms with E-state index in [4.69, 9.17) is 21.1 Å². The van der Waals surface area contributed by atoms with Crippen LogP contribution in [0.15, 0.2) is 65.2 Å². The van der Waals surface area contributed by atoms with Gasteiger partial charge in [0.05, 0.1) is 23.3 Å². The van der Waals surface area contributed by atoms with Gasteiger partial charge in [-0.3, -0.25) is 0 Å². The number of methoxy groups -OCH3 is 1. The molecule has 0 spiro atoms. The molecule has 1 N–H and O–H groups in total. The van der Waals surface area contributed by atoms with E-state index in [1.807, 2.05) is 42.5 Å². The first kappa shape index (κ1) is 22.2. The van der Waals surface area contributed by atoms with E-state index in [9.17, 15) is 8.78 Å². The van der Waals surface area contributed by atoms with Crippen LogP contribution in [0.5, 0.6) is 11.5 Å². The lowest BCUT2D eigenvalue weighted by molar-refractivity contribution is 0.282. The normalized spacial score (nSPS) is 20.7. The third-order valence-corrected chi connectivity index (χ3v) is 7.28. The van der Waals surface area contributed by atoms with Crippen LogP contribution < -0.4 is 14.8 Å². The number of nitrogens with one attached hydrogen (secondary N) is 1. The van der Waals surface area contributed by atoms with Crippen molar-refractivity contribution in [2.75, 3.05) is 12.4 Å². The van der Waals surface area contributed by atoms with Crippen LogP contribution >= 0.6 is 27.5 Å². The summed E-state index contributed by atoms with van der Waals surface area (Å²) in [6.07, 6.45) is 4.93. The fourth-order valence-corrected chi connectivity index (χ4v) is 5.54. The molecule has 0 unspecified atom stereocenters. The zero-order chi connectivity index (χ0) is 23.1. The second-order valence-electron chi connectivity index (χ2n) is 8.24. The summed E-state index contributed by atoms with van der Waals surface area (Å²) in [4.78, 5) is 0. The standard InChI is InChI=1S/C26H21BrClF2NO2/c1-32-23-10-15(9-20(27)26(23)33-13-14-5-2-3-8-21(14)28)24-18-7-4-6-17(18)19-11-16(29)12-22(30)25(19)31-24/h2-6,8-12,17-18,24,31H,7,13H2,1H3/t17-,18+,24-/m0/s1. The van der Waals surface area contributed by atoms with Crippen LogP contribution in [0.1, 0.15) is 35.1 Å². The fourth-order valence-electron chi connectivity index (χ4n) is 4.78. The highest BCUT2D eigenvalue weighted by Crippen LogP contribution is 2.52. The number of benzene rings is 3. The predicted octanol–water partition coefficient (Wildman–Crippen LogP) is 7.79. The maximum atomic E-state index is 14.7. The van der Waals surface area contributed by atoms with Crippen LogP contribution in [0.3, 0.4) is 0 Å². The molecule has 3 atom stereocenters. The van der Waals surface area contributed by atoms with Crippen molar-refractivity contribution in [3.63, 3.8) is 0 Å². The molecular formula is C26H21BrClF2NO2. The molecule has 3 aromatic rings. The second kappa shape index (κ2) is 8.99. The third-order valence-electron chi connectivity index (χ3n) is 6.33. The predicted molar refractivity (Wildman–Crippen MR) is 129 cm³/mol. The van der Waals surface area contributed by atoms with Crippen molar-refractivity contribution >= 4 is 33.2 Å². The zero-order valence-electron chi connectivity index (χ0n) is 17.7. The highest BCUT2D eigenvalue weighted by atomic mass is 79.9. The maximum Gasteiger partial charge on any atom is 0.175 e. The van der Waals surface area contributed by atoms with E-state index in [2.05, 4.69) is 27.3 Å². The fraction of sp³-hybridized carbons (Fsp3) is 0.231. The number of fused-ring (bicyclic) bond motifs is 3. The van der Waals surface area contributed by atoms with Gasteiger partial charge in [-0.15, -0.1) is 0 Å². The van der Waals surface area contributed by atoms with Gasteiger partial charge in [0.15, 0.2) is 11.5 Å². The molecule has 1 aliphatic carbocycles. The molecule has 0 amide bonds. The highest BCUT2D eigenvalue weighted by molar-refractivity contribution is 9.10. The first-order chi connectivity index (χ1) is 16.0. The van der Waals surface area contributed by atoms with Gasteiger partial charge in [-0.2, -0.15) is 0 Å². The van der Waals surface area contributed by atoms with E-state index in [-0.39, 0.29) is 24.5 Å². The Kier molecular flexibility index (Phi) is 6.06. The Morgan fingerprint density at radius 1 is 1.15 bits per heavy atom. The zero-order valence-corrected chi connectivity index (χ0v) is 20.1. The minimum atomic E-state index is -0.584. The molecule has 3 aromatic carbocycles. The van der Waals surface area contributed by atoms with Crippen molar-refractivity contribution in [3.8, 4) is 11.5 Å². The molecule has 7 heteroatoms. The molecule has 1 aliphatic heterocycles. The number of hydrogen-bond donors (Lipinski definition) is 1. The molecule has 0 radical (unpaired) electrons. The Hall–Kier alpha value is -2.57. The number of rotatable bonds is 5. The molecule has 0 fully saturated rings. The first-order valence-corrected chi connectivity index (χ1v) is 11.8. The van der Waals surface area contributed by atoms with Gasteiger partial charge in [0.25, 0.3) is 0 Å². The summed E-state index contributed by atoms with van der Waals surface area (Å²) < 4.78 is 41.0. The Morgan fingerprint density at radius 2 is 1.97 bits per heavy atom. The topological polar surface area (TPSA) is 30.5 Å². The Bertz CT molecular complexity index is 1250. The number of hydrogen-bond acceptors (Lipinski definition) is 3. The average molecular weight is 533 g/mol. The van der Waals surface area contributed by atoms with E-state index < -0.39 is 11.6 Å². The lowest BCUT2D eigenvalue weighted by Gasteiger charge is -2.38. The van der Waals surface area contributed by atoms with Crippen LogP contribution in [0.4, 0.5) is 14.5 Å². The monoisotopic (exact) mass is 531 g/mol.